The van der Waals surface area contributed by atoms with Crippen molar-refractivity contribution in [2.45, 2.75) is 19.9 Å². The number of carbonyl (C=O) groups excluding carboxylic acids is 1. The first-order valence-corrected chi connectivity index (χ1v) is 7.03. The van der Waals surface area contributed by atoms with Gasteiger partial charge in [-0.2, -0.15) is 0 Å². The molecule has 106 valence electrons. The summed E-state index contributed by atoms with van der Waals surface area (Å²) in [5.41, 5.74) is 7.29. The Labute approximate surface area is 125 Å². The van der Waals surface area contributed by atoms with Crippen LogP contribution in [0, 0.1) is 0 Å². The molecule has 1 aromatic heterocycles. The van der Waals surface area contributed by atoms with Gasteiger partial charge in [0.15, 0.2) is 5.69 Å². The molecule has 0 aliphatic rings. The highest BCUT2D eigenvalue weighted by Crippen LogP contribution is 2.20. The lowest BCUT2D eigenvalue weighted by atomic mass is 10.2. The summed E-state index contributed by atoms with van der Waals surface area (Å²) in [5.74, 6) is 0.599. The van der Waals surface area contributed by atoms with Gasteiger partial charge < -0.3 is 15.0 Å². The van der Waals surface area contributed by atoms with Crippen molar-refractivity contribution >= 4 is 27.7 Å². The number of hydrogen-bond acceptors (Lipinski definition) is 4. The van der Waals surface area contributed by atoms with Crippen LogP contribution >= 0.6 is 15.9 Å². The van der Waals surface area contributed by atoms with Crippen LogP contribution in [0.5, 0.6) is 0 Å². The molecular weight excluding hydrogens is 322 g/mol. The molecule has 0 radical (unpaired) electrons. The molecule has 0 saturated heterocycles. The summed E-state index contributed by atoms with van der Waals surface area (Å²) in [7, 11) is 1.32. The number of esters is 1. The summed E-state index contributed by atoms with van der Waals surface area (Å²) in [6.45, 7) is 2.54. The number of anilines is 1. The van der Waals surface area contributed by atoms with Crippen LogP contribution in [0.1, 0.15) is 28.8 Å². The van der Waals surface area contributed by atoms with Gasteiger partial charge in [0.25, 0.3) is 0 Å². The van der Waals surface area contributed by atoms with E-state index in [1.165, 1.54) is 7.11 Å². The first-order valence-electron chi connectivity index (χ1n) is 6.24. The average Bonchev–Trinajstić information content (AvgIpc) is 2.75. The average molecular weight is 338 g/mol. The van der Waals surface area contributed by atoms with Gasteiger partial charge in [-0.25, -0.2) is 9.78 Å². The molecule has 0 fully saturated rings. The number of benzene rings is 1. The maximum Gasteiger partial charge on any atom is 0.360 e. The molecule has 6 heteroatoms. The number of nitrogens with zero attached hydrogens (tertiary/aromatic N) is 2. The molecule has 0 saturated carbocycles. The number of imidazole rings is 1. The van der Waals surface area contributed by atoms with E-state index in [9.17, 15) is 4.79 Å². The molecule has 5 nitrogen and oxygen atoms in total. The van der Waals surface area contributed by atoms with E-state index in [1.807, 2.05) is 35.8 Å². The second-order valence-corrected chi connectivity index (χ2v) is 5.24. The molecule has 0 amide bonds. The fourth-order valence-electron chi connectivity index (χ4n) is 2.02. The number of hydrogen-bond donors (Lipinski definition) is 1. The van der Waals surface area contributed by atoms with Crippen LogP contribution < -0.4 is 5.73 Å². The molecule has 1 heterocycles. The Morgan fingerprint density at radius 3 is 2.85 bits per heavy atom. The minimum atomic E-state index is -0.509. The highest BCUT2D eigenvalue weighted by molar-refractivity contribution is 9.10. The van der Waals surface area contributed by atoms with E-state index in [1.54, 1.807) is 0 Å². The Kier molecular flexibility index (Phi) is 4.44. The Hall–Kier alpha value is -1.82. The van der Waals surface area contributed by atoms with E-state index in [4.69, 9.17) is 10.5 Å². The lowest BCUT2D eigenvalue weighted by molar-refractivity contribution is 0.0595. The molecule has 0 unspecified atom stereocenters. The van der Waals surface area contributed by atoms with E-state index in [2.05, 4.69) is 20.9 Å². The molecule has 0 bridgehead atoms. The smallest absolute Gasteiger partial charge is 0.360 e. The molecule has 0 spiro atoms. The second kappa shape index (κ2) is 6.09. The SMILES string of the molecule is CCc1nc(C(=O)OC)c(N)n1Cc1cccc(Br)c1. The standard InChI is InChI=1S/C14H16BrN3O2/c1-3-11-17-12(14(19)20-2)13(16)18(11)8-9-5-4-6-10(15)7-9/h4-7H,3,8,16H2,1-2H3. The van der Waals surface area contributed by atoms with Crippen molar-refractivity contribution in [2.24, 2.45) is 0 Å². The molecule has 0 aliphatic carbocycles. The van der Waals surface area contributed by atoms with Crippen molar-refractivity contribution in [3.63, 3.8) is 0 Å². The first kappa shape index (κ1) is 14.6. The first-order chi connectivity index (χ1) is 9.56. The molecule has 1 aromatic carbocycles. The van der Waals surface area contributed by atoms with Gasteiger partial charge in [-0.15, -0.1) is 0 Å². The van der Waals surface area contributed by atoms with Gasteiger partial charge in [0, 0.05) is 10.9 Å². The maximum atomic E-state index is 11.6. The van der Waals surface area contributed by atoms with Gasteiger partial charge in [0.2, 0.25) is 0 Å². The Balaban J connectivity index is 2.40. The molecule has 2 rings (SSSR count). The molecule has 20 heavy (non-hydrogen) atoms. The lowest BCUT2D eigenvalue weighted by Crippen LogP contribution is -2.10. The number of methoxy groups -OCH3 is 1. The summed E-state index contributed by atoms with van der Waals surface area (Å²) in [6, 6.07) is 7.93. The van der Waals surface area contributed by atoms with Gasteiger partial charge in [-0.05, 0) is 17.7 Å². The van der Waals surface area contributed by atoms with E-state index in [0.717, 1.165) is 15.9 Å². The molecule has 0 aliphatic heterocycles. The summed E-state index contributed by atoms with van der Waals surface area (Å²) in [4.78, 5) is 15.9. The number of nitrogen functional groups attached to an aromatic ring is 1. The van der Waals surface area contributed by atoms with Gasteiger partial charge in [-0.3, -0.25) is 0 Å². The maximum absolute atomic E-state index is 11.6. The number of aromatic nitrogens is 2. The summed E-state index contributed by atoms with van der Waals surface area (Å²) in [6.07, 6.45) is 0.690. The number of ether oxygens (including phenoxy) is 1. The number of halogens is 1. The summed E-state index contributed by atoms with van der Waals surface area (Å²) < 4.78 is 7.54. The number of nitrogens with two attached hydrogens (primary N) is 1. The molecule has 0 atom stereocenters. The Morgan fingerprint density at radius 2 is 2.25 bits per heavy atom. The van der Waals surface area contributed by atoms with Crippen molar-refractivity contribution in [2.75, 3.05) is 12.8 Å². The van der Waals surface area contributed by atoms with Crippen LogP contribution in [0.25, 0.3) is 0 Å². The van der Waals surface area contributed by atoms with Crippen molar-refractivity contribution in [3.05, 3.63) is 45.8 Å². The van der Waals surface area contributed by atoms with Crippen molar-refractivity contribution < 1.29 is 9.53 Å². The van der Waals surface area contributed by atoms with E-state index in [0.29, 0.717) is 18.8 Å². The molecular formula is C14H16BrN3O2. The Bertz CT molecular complexity index is 637. The minimum Gasteiger partial charge on any atom is -0.464 e. The van der Waals surface area contributed by atoms with Gasteiger partial charge >= 0.3 is 5.97 Å². The van der Waals surface area contributed by atoms with Crippen molar-refractivity contribution in [1.29, 1.82) is 0 Å². The zero-order valence-corrected chi connectivity index (χ0v) is 13.0. The van der Waals surface area contributed by atoms with Gasteiger partial charge in [0.05, 0.1) is 13.7 Å². The second-order valence-electron chi connectivity index (χ2n) is 4.32. The van der Waals surface area contributed by atoms with E-state index < -0.39 is 5.97 Å². The van der Waals surface area contributed by atoms with Crippen molar-refractivity contribution in [3.8, 4) is 0 Å². The number of rotatable bonds is 4. The molecule has 2 aromatic rings. The third-order valence-electron chi connectivity index (χ3n) is 3.01. The zero-order valence-electron chi connectivity index (χ0n) is 11.4. The van der Waals surface area contributed by atoms with E-state index in [-0.39, 0.29) is 5.69 Å². The van der Waals surface area contributed by atoms with Crippen LogP contribution in [-0.4, -0.2) is 22.6 Å². The number of carbonyl (C=O) groups is 1. The van der Waals surface area contributed by atoms with E-state index >= 15 is 0 Å². The summed E-state index contributed by atoms with van der Waals surface area (Å²) in [5, 5.41) is 0. The third kappa shape index (κ3) is 2.85. The predicted octanol–water partition coefficient (Wildman–Crippen LogP) is 2.63. The lowest BCUT2D eigenvalue weighted by Gasteiger charge is -2.09. The monoisotopic (exact) mass is 337 g/mol. The normalized spacial score (nSPS) is 10.6. The highest BCUT2D eigenvalue weighted by Gasteiger charge is 2.20. The minimum absolute atomic E-state index is 0.180. The fourth-order valence-corrected chi connectivity index (χ4v) is 2.47. The van der Waals surface area contributed by atoms with Crippen LogP contribution in [0.3, 0.4) is 0 Å². The predicted molar refractivity (Wildman–Crippen MR) is 80.6 cm³/mol. The fraction of sp³-hybridized carbons (Fsp3) is 0.286. The Morgan fingerprint density at radius 1 is 1.50 bits per heavy atom. The number of aryl methyl sites for hydroxylation is 1. The van der Waals surface area contributed by atoms with Crippen LogP contribution in [-0.2, 0) is 17.7 Å². The zero-order chi connectivity index (χ0) is 14.7. The van der Waals surface area contributed by atoms with Gasteiger partial charge in [0.1, 0.15) is 11.6 Å². The van der Waals surface area contributed by atoms with Crippen LogP contribution in [0.15, 0.2) is 28.7 Å². The third-order valence-corrected chi connectivity index (χ3v) is 3.50. The highest BCUT2D eigenvalue weighted by atomic mass is 79.9. The van der Waals surface area contributed by atoms with Gasteiger partial charge in [-0.1, -0.05) is 35.0 Å². The summed E-state index contributed by atoms with van der Waals surface area (Å²) >= 11 is 3.44. The van der Waals surface area contributed by atoms with Crippen LogP contribution in [0.4, 0.5) is 5.82 Å². The van der Waals surface area contributed by atoms with Crippen LogP contribution in [0.2, 0.25) is 0 Å². The molecule has 2 N–H and O–H groups in total. The topological polar surface area (TPSA) is 70.1 Å². The van der Waals surface area contributed by atoms with Crippen molar-refractivity contribution in [1.82, 2.24) is 9.55 Å². The largest absolute Gasteiger partial charge is 0.464 e. The quantitative estimate of drug-likeness (QED) is 0.870.